The lowest BCUT2D eigenvalue weighted by atomic mass is 10.0. The summed E-state index contributed by atoms with van der Waals surface area (Å²) in [5, 5.41) is 20.2. The number of carboxylic acid groups (broad SMARTS) is 1. The molecule has 7 N–H and O–H groups in total. The number of phenolic OH excluding ortho intramolecular Hbond substituents is 1. The van der Waals surface area contributed by atoms with E-state index < -0.39 is 24.0 Å². The van der Waals surface area contributed by atoms with Gasteiger partial charge in [0.15, 0.2) is 0 Å². The molecule has 0 aliphatic rings. The summed E-state index contributed by atoms with van der Waals surface area (Å²) in [6.07, 6.45) is 0.919. The molecule has 0 saturated heterocycles. The Hall–Kier alpha value is -2.12. The van der Waals surface area contributed by atoms with Crippen LogP contribution >= 0.6 is 0 Å². The lowest BCUT2D eigenvalue weighted by Gasteiger charge is -2.16. The monoisotopic (exact) mass is 281 g/mol. The van der Waals surface area contributed by atoms with Crippen molar-refractivity contribution in [2.75, 3.05) is 6.54 Å². The number of nitrogens with one attached hydrogen (secondary N) is 1. The number of aliphatic carboxylic acids is 1. The molecular weight excluding hydrogens is 262 g/mol. The number of rotatable bonds is 7. The highest BCUT2D eigenvalue weighted by molar-refractivity contribution is 5.86. The quantitative estimate of drug-likeness (QED) is 0.442. The van der Waals surface area contributed by atoms with E-state index in [1.165, 1.54) is 0 Å². The largest absolute Gasteiger partial charge is 0.508 e. The number of hydrogen-bond donors (Lipinski definition) is 5. The van der Waals surface area contributed by atoms with Crippen LogP contribution in [0.25, 0.3) is 0 Å². The highest BCUT2D eigenvalue weighted by atomic mass is 16.4. The fourth-order valence-corrected chi connectivity index (χ4v) is 1.62. The fourth-order valence-electron chi connectivity index (χ4n) is 1.62. The molecule has 1 amide bonds. The number of hydrogen-bond acceptors (Lipinski definition) is 5. The number of aromatic hydroxyl groups is 1. The number of phenols is 1. The van der Waals surface area contributed by atoms with Gasteiger partial charge < -0.3 is 27.0 Å². The van der Waals surface area contributed by atoms with Crippen molar-refractivity contribution in [2.24, 2.45) is 11.5 Å². The maximum atomic E-state index is 11.7. The van der Waals surface area contributed by atoms with Crippen molar-refractivity contribution in [3.8, 4) is 5.75 Å². The van der Waals surface area contributed by atoms with Crippen molar-refractivity contribution < 1.29 is 19.8 Å². The van der Waals surface area contributed by atoms with Gasteiger partial charge in [0.25, 0.3) is 0 Å². The summed E-state index contributed by atoms with van der Waals surface area (Å²) in [7, 11) is 0. The first-order valence-electron chi connectivity index (χ1n) is 6.20. The van der Waals surface area contributed by atoms with Gasteiger partial charge in [-0.1, -0.05) is 12.1 Å². The Morgan fingerprint density at radius 2 is 1.85 bits per heavy atom. The molecule has 7 heteroatoms. The molecule has 0 heterocycles. The molecule has 2 atom stereocenters. The standard InChI is InChI=1S/C13H19N3O4/c14-7-11(13(19)20)16-12(18)10(15)6-3-8-1-4-9(17)5-2-8/h1-2,4-5,10-11,17H,3,6-7,14-15H2,(H,16,18)(H,19,20)/t10-,11-/m0/s1. The van der Waals surface area contributed by atoms with Crippen LogP contribution in [0, 0.1) is 0 Å². The van der Waals surface area contributed by atoms with E-state index in [4.69, 9.17) is 21.7 Å². The summed E-state index contributed by atoms with van der Waals surface area (Å²) in [4.78, 5) is 22.4. The molecule has 1 aromatic rings. The van der Waals surface area contributed by atoms with E-state index in [-0.39, 0.29) is 12.3 Å². The molecule has 0 aliphatic heterocycles. The average molecular weight is 281 g/mol. The first kappa shape index (κ1) is 15.9. The Morgan fingerprint density at radius 3 is 2.35 bits per heavy atom. The average Bonchev–Trinajstić information content (AvgIpc) is 2.43. The summed E-state index contributed by atoms with van der Waals surface area (Å²) in [6.45, 7) is -0.189. The van der Waals surface area contributed by atoms with Crippen LogP contribution in [-0.4, -0.2) is 40.7 Å². The summed E-state index contributed by atoms with van der Waals surface area (Å²) in [6, 6.07) is 4.64. The zero-order chi connectivity index (χ0) is 15.1. The molecule has 0 fully saturated rings. The van der Waals surface area contributed by atoms with Crippen LogP contribution in [0.2, 0.25) is 0 Å². The maximum absolute atomic E-state index is 11.7. The van der Waals surface area contributed by atoms with Crippen LogP contribution in [-0.2, 0) is 16.0 Å². The molecule has 0 bridgehead atoms. The topological polar surface area (TPSA) is 139 Å². The molecule has 7 nitrogen and oxygen atoms in total. The van der Waals surface area contributed by atoms with Gasteiger partial charge >= 0.3 is 5.97 Å². The maximum Gasteiger partial charge on any atom is 0.327 e. The van der Waals surface area contributed by atoms with Gasteiger partial charge in [0.1, 0.15) is 11.8 Å². The third-order valence-electron chi connectivity index (χ3n) is 2.87. The molecular formula is C13H19N3O4. The zero-order valence-electron chi connectivity index (χ0n) is 11.0. The number of amides is 1. The van der Waals surface area contributed by atoms with Crippen LogP contribution in [0.15, 0.2) is 24.3 Å². The van der Waals surface area contributed by atoms with E-state index in [1.54, 1.807) is 24.3 Å². The summed E-state index contributed by atoms with van der Waals surface area (Å²) < 4.78 is 0. The number of nitrogens with two attached hydrogens (primary N) is 2. The highest BCUT2D eigenvalue weighted by Gasteiger charge is 2.21. The highest BCUT2D eigenvalue weighted by Crippen LogP contribution is 2.11. The molecule has 1 aromatic carbocycles. The Kier molecular flexibility index (Phi) is 5.95. The number of carbonyl (C=O) groups is 2. The van der Waals surface area contributed by atoms with Crippen LogP contribution < -0.4 is 16.8 Å². The lowest BCUT2D eigenvalue weighted by molar-refractivity contribution is -0.141. The first-order chi connectivity index (χ1) is 9.43. The Morgan fingerprint density at radius 1 is 1.25 bits per heavy atom. The van der Waals surface area contributed by atoms with E-state index in [1.807, 2.05) is 0 Å². The second-order valence-electron chi connectivity index (χ2n) is 4.45. The number of carbonyl (C=O) groups excluding carboxylic acids is 1. The Labute approximate surface area is 116 Å². The van der Waals surface area contributed by atoms with Crippen LogP contribution in [0.4, 0.5) is 0 Å². The second-order valence-corrected chi connectivity index (χ2v) is 4.45. The van der Waals surface area contributed by atoms with Crippen LogP contribution in [0.3, 0.4) is 0 Å². The van der Waals surface area contributed by atoms with Crippen molar-refractivity contribution in [3.05, 3.63) is 29.8 Å². The van der Waals surface area contributed by atoms with Crippen molar-refractivity contribution in [3.63, 3.8) is 0 Å². The summed E-state index contributed by atoms with van der Waals surface area (Å²) >= 11 is 0. The van der Waals surface area contributed by atoms with Gasteiger partial charge in [0.2, 0.25) is 5.91 Å². The third kappa shape index (κ3) is 4.87. The normalized spacial score (nSPS) is 13.5. The third-order valence-corrected chi connectivity index (χ3v) is 2.87. The van der Waals surface area contributed by atoms with E-state index in [9.17, 15) is 9.59 Å². The van der Waals surface area contributed by atoms with Gasteiger partial charge in [0, 0.05) is 6.54 Å². The molecule has 20 heavy (non-hydrogen) atoms. The van der Waals surface area contributed by atoms with Gasteiger partial charge in [-0.3, -0.25) is 4.79 Å². The Bertz CT molecular complexity index is 461. The van der Waals surface area contributed by atoms with Crippen LogP contribution in [0.1, 0.15) is 12.0 Å². The van der Waals surface area contributed by atoms with Gasteiger partial charge in [-0.2, -0.15) is 0 Å². The van der Waals surface area contributed by atoms with Gasteiger partial charge in [-0.25, -0.2) is 4.79 Å². The van der Waals surface area contributed by atoms with E-state index in [0.717, 1.165) is 5.56 Å². The molecule has 0 unspecified atom stereocenters. The molecule has 0 saturated carbocycles. The second kappa shape index (κ2) is 7.46. The molecule has 0 spiro atoms. The van der Waals surface area contributed by atoms with Gasteiger partial charge in [0.05, 0.1) is 6.04 Å². The van der Waals surface area contributed by atoms with Crippen molar-refractivity contribution in [1.29, 1.82) is 0 Å². The van der Waals surface area contributed by atoms with Crippen molar-refractivity contribution >= 4 is 11.9 Å². The summed E-state index contributed by atoms with van der Waals surface area (Å²) in [5.41, 5.74) is 11.9. The van der Waals surface area contributed by atoms with E-state index in [0.29, 0.717) is 12.8 Å². The van der Waals surface area contributed by atoms with E-state index in [2.05, 4.69) is 5.32 Å². The number of benzene rings is 1. The van der Waals surface area contributed by atoms with Gasteiger partial charge in [-0.05, 0) is 30.5 Å². The SMILES string of the molecule is NC[C@H](NC(=O)[C@@H](N)CCc1ccc(O)cc1)C(=O)O. The smallest absolute Gasteiger partial charge is 0.327 e. The van der Waals surface area contributed by atoms with Gasteiger partial charge in [-0.15, -0.1) is 0 Å². The first-order valence-corrected chi connectivity index (χ1v) is 6.20. The molecule has 0 aromatic heterocycles. The zero-order valence-corrected chi connectivity index (χ0v) is 11.0. The van der Waals surface area contributed by atoms with E-state index >= 15 is 0 Å². The Balaban J connectivity index is 2.45. The minimum Gasteiger partial charge on any atom is -0.508 e. The lowest BCUT2D eigenvalue weighted by Crippen LogP contribution is -2.51. The fraction of sp³-hybridized carbons (Fsp3) is 0.385. The minimum atomic E-state index is -1.19. The number of aryl methyl sites for hydroxylation is 1. The van der Waals surface area contributed by atoms with Crippen molar-refractivity contribution in [2.45, 2.75) is 24.9 Å². The molecule has 0 radical (unpaired) electrons. The minimum absolute atomic E-state index is 0.169. The predicted octanol–water partition coefficient (Wildman–Crippen LogP) is -0.820. The summed E-state index contributed by atoms with van der Waals surface area (Å²) in [5.74, 6) is -1.56. The van der Waals surface area contributed by atoms with Crippen molar-refractivity contribution in [1.82, 2.24) is 5.32 Å². The molecule has 1 rings (SSSR count). The molecule has 110 valence electrons. The predicted molar refractivity (Wildman–Crippen MR) is 73.0 cm³/mol. The van der Waals surface area contributed by atoms with Crippen LogP contribution in [0.5, 0.6) is 5.75 Å². The number of carboxylic acids is 1. The molecule has 0 aliphatic carbocycles.